The zero-order valence-electron chi connectivity index (χ0n) is 23.6. The predicted molar refractivity (Wildman–Crippen MR) is 154 cm³/mol. The number of benzene rings is 3. The first-order valence-electron chi connectivity index (χ1n) is 13.7. The molecule has 0 spiro atoms. The summed E-state index contributed by atoms with van der Waals surface area (Å²) in [6.07, 6.45) is 0. The molecular weight excluding hydrogens is 581 g/mol. The first kappa shape index (κ1) is 29.2. The summed E-state index contributed by atoms with van der Waals surface area (Å²) in [5.74, 6) is -5.33. The molecule has 3 aromatic carbocycles. The SMILES string of the molecule is CC(C)(O)n1nnnc1-c1nc(-c2ccc(F)cc2F)c(-c2ccc(N3CCN(c4ccc(F)cc4)CC3)cc2)c(F)c1F. The first-order valence-corrected chi connectivity index (χ1v) is 13.7. The van der Waals surface area contributed by atoms with E-state index in [1.807, 2.05) is 0 Å². The fraction of sp³-hybridized carbons (Fsp3) is 0.226. The van der Waals surface area contributed by atoms with Crippen molar-refractivity contribution < 1.29 is 27.1 Å². The summed E-state index contributed by atoms with van der Waals surface area (Å²) < 4.78 is 74.8. The molecule has 5 aromatic rings. The fourth-order valence-electron chi connectivity index (χ4n) is 5.24. The van der Waals surface area contributed by atoms with Gasteiger partial charge in [-0.2, -0.15) is 4.68 Å². The van der Waals surface area contributed by atoms with Gasteiger partial charge < -0.3 is 14.9 Å². The summed E-state index contributed by atoms with van der Waals surface area (Å²) in [5, 5.41) is 21.3. The number of hydrogen-bond donors (Lipinski definition) is 1. The number of aromatic nitrogens is 5. The molecule has 226 valence electrons. The van der Waals surface area contributed by atoms with Crippen molar-refractivity contribution >= 4 is 11.4 Å². The lowest BCUT2D eigenvalue weighted by molar-refractivity contribution is -0.0105. The minimum atomic E-state index is -1.70. The van der Waals surface area contributed by atoms with Gasteiger partial charge in [-0.15, -0.1) is 5.10 Å². The van der Waals surface area contributed by atoms with Crippen LogP contribution in [0.1, 0.15) is 13.8 Å². The van der Waals surface area contributed by atoms with Gasteiger partial charge in [-0.25, -0.2) is 26.9 Å². The van der Waals surface area contributed by atoms with Crippen molar-refractivity contribution in [2.75, 3.05) is 36.0 Å². The molecule has 0 saturated carbocycles. The molecule has 0 bridgehead atoms. The summed E-state index contributed by atoms with van der Waals surface area (Å²) in [6.45, 7) is 5.38. The molecule has 1 saturated heterocycles. The molecule has 3 heterocycles. The Hall–Kier alpha value is -4.91. The minimum Gasteiger partial charge on any atom is -0.369 e. The molecule has 0 aliphatic carbocycles. The normalized spacial score (nSPS) is 13.9. The van der Waals surface area contributed by atoms with Crippen molar-refractivity contribution in [3.63, 3.8) is 0 Å². The number of halogens is 5. The Balaban J connectivity index is 1.37. The van der Waals surface area contributed by atoms with Gasteiger partial charge in [-0.3, -0.25) is 0 Å². The molecule has 1 fully saturated rings. The maximum Gasteiger partial charge on any atom is 0.206 e. The molecule has 1 aliphatic rings. The van der Waals surface area contributed by atoms with Crippen molar-refractivity contribution in [1.29, 1.82) is 0 Å². The largest absolute Gasteiger partial charge is 0.369 e. The number of piperazine rings is 1. The number of hydrogen-bond acceptors (Lipinski definition) is 7. The molecule has 2 aromatic heterocycles. The molecule has 1 aliphatic heterocycles. The van der Waals surface area contributed by atoms with E-state index in [2.05, 4.69) is 30.3 Å². The third kappa shape index (κ3) is 5.46. The molecule has 8 nitrogen and oxygen atoms in total. The molecular formula is C31H26F5N7O. The average molecular weight is 608 g/mol. The van der Waals surface area contributed by atoms with Crippen molar-refractivity contribution in [1.82, 2.24) is 25.2 Å². The lowest BCUT2D eigenvalue weighted by atomic mass is 9.97. The van der Waals surface area contributed by atoms with Crippen LogP contribution in [0.3, 0.4) is 0 Å². The third-order valence-corrected chi connectivity index (χ3v) is 7.46. The van der Waals surface area contributed by atoms with Crippen LogP contribution in [0.5, 0.6) is 0 Å². The van der Waals surface area contributed by atoms with Crippen molar-refractivity contribution in [3.05, 3.63) is 95.8 Å². The predicted octanol–water partition coefficient (Wildman–Crippen LogP) is 5.78. The van der Waals surface area contributed by atoms with E-state index in [1.54, 1.807) is 36.4 Å². The summed E-state index contributed by atoms with van der Waals surface area (Å²) in [5.41, 5.74) is -1.32. The van der Waals surface area contributed by atoms with Crippen LogP contribution in [-0.4, -0.2) is 56.5 Å². The molecule has 13 heteroatoms. The van der Waals surface area contributed by atoms with E-state index >= 15 is 13.2 Å². The number of nitrogens with zero attached hydrogens (tertiary/aromatic N) is 7. The summed E-state index contributed by atoms with van der Waals surface area (Å²) in [7, 11) is 0. The zero-order valence-corrected chi connectivity index (χ0v) is 23.6. The molecule has 1 N–H and O–H groups in total. The van der Waals surface area contributed by atoms with Crippen LogP contribution in [0, 0.1) is 29.1 Å². The van der Waals surface area contributed by atoms with Gasteiger partial charge in [0, 0.05) is 54.7 Å². The number of anilines is 2. The van der Waals surface area contributed by atoms with Gasteiger partial charge in [0.2, 0.25) is 5.82 Å². The third-order valence-electron chi connectivity index (χ3n) is 7.46. The molecule has 44 heavy (non-hydrogen) atoms. The van der Waals surface area contributed by atoms with Crippen molar-refractivity contribution in [2.24, 2.45) is 0 Å². The number of tetrazole rings is 1. The highest BCUT2D eigenvalue weighted by Gasteiger charge is 2.31. The van der Waals surface area contributed by atoms with Gasteiger partial charge in [0.25, 0.3) is 0 Å². The average Bonchev–Trinajstić information content (AvgIpc) is 3.50. The van der Waals surface area contributed by atoms with Crippen LogP contribution in [0.4, 0.5) is 33.3 Å². The standard InChI is InChI=1S/C31H26F5N7O/c1-31(2,44)43-30(38-39-40-43)29-27(36)26(35)25(28(37-29)23-12-7-20(33)17-24(23)34)18-3-8-21(9-4-18)41-13-15-42(16-14-41)22-10-5-19(32)6-11-22/h3-12,17,44H,13-16H2,1-2H3. The van der Waals surface area contributed by atoms with Crippen molar-refractivity contribution in [2.45, 2.75) is 19.6 Å². The van der Waals surface area contributed by atoms with Crippen LogP contribution < -0.4 is 9.80 Å². The van der Waals surface area contributed by atoms with Crippen LogP contribution in [-0.2, 0) is 5.72 Å². The second-order valence-corrected chi connectivity index (χ2v) is 10.8. The highest BCUT2D eigenvalue weighted by Crippen LogP contribution is 2.39. The molecule has 0 amide bonds. The minimum absolute atomic E-state index is 0.204. The van der Waals surface area contributed by atoms with Gasteiger partial charge in [-0.1, -0.05) is 12.1 Å². The van der Waals surface area contributed by atoms with Crippen LogP contribution >= 0.6 is 0 Å². The lowest BCUT2D eigenvalue weighted by Crippen LogP contribution is -2.46. The summed E-state index contributed by atoms with van der Waals surface area (Å²) in [4.78, 5) is 8.52. The van der Waals surface area contributed by atoms with E-state index in [9.17, 15) is 13.9 Å². The van der Waals surface area contributed by atoms with Gasteiger partial charge in [0.15, 0.2) is 17.4 Å². The first-order chi connectivity index (χ1) is 21.0. The van der Waals surface area contributed by atoms with E-state index in [-0.39, 0.29) is 34.0 Å². The van der Waals surface area contributed by atoms with Gasteiger partial charge in [0.1, 0.15) is 23.1 Å². The molecule has 0 unspecified atom stereocenters. The Labute approximate surface area is 249 Å². The van der Waals surface area contributed by atoms with E-state index in [4.69, 9.17) is 0 Å². The van der Waals surface area contributed by atoms with Crippen molar-refractivity contribution in [3.8, 4) is 33.9 Å². The van der Waals surface area contributed by atoms with E-state index in [0.717, 1.165) is 28.2 Å². The highest BCUT2D eigenvalue weighted by molar-refractivity contribution is 5.84. The van der Waals surface area contributed by atoms with E-state index in [1.165, 1.54) is 26.0 Å². The van der Waals surface area contributed by atoms with Crippen LogP contribution in [0.25, 0.3) is 33.9 Å². The Morgan fingerprint density at radius 3 is 1.84 bits per heavy atom. The lowest BCUT2D eigenvalue weighted by Gasteiger charge is -2.37. The topological polar surface area (TPSA) is 83.2 Å². The maximum absolute atomic E-state index is 16.0. The van der Waals surface area contributed by atoms with Gasteiger partial charge >= 0.3 is 0 Å². The molecule has 0 radical (unpaired) electrons. The Morgan fingerprint density at radius 2 is 1.27 bits per heavy atom. The van der Waals surface area contributed by atoms with Gasteiger partial charge in [-0.05, 0) is 78.4 Å². The monoisotopic (exact) mass is 607 g/mol. The van der Waals surface area contributed by atoms with Crippen LogP contribution in [0.15, 0.2) is 66.7 Å². The summed E-state index contributed by atoms with van der Waals surface area (Å²) in [6, 6.07) is 15.7. The zero-order chi connectivity index (χ0) is 31.2. The number of rotatable bonds is 6. The Morgan fingerprint density at radius 1 is 0.705 bits per heavy atom. The number of pyridine rings is 1. The fourth-order valence-corrected chi connectivity index (χ4v) is 5.24. The Kier molecular flexibility index (Phi) is 7.49. The molecule has 6 rings (SSSR count). The number of aliphatic hydroxyl groups is 1. The smallest absolute Gasteiger partial charge is 0.206 e. The highest BCUT2D eigenvalue weighted by atomic mass is 19.2. The van der Waals surface area contributed by atoms with Gasteiger partial charge in [0.05, 0.1) is 5.69 Å². The second-order valence-electron chi connectivity index (χ2n) is 10.8. The van der Waals surface area contributed by atoms with E-state index in [0.29, 0.717) is 32.2 Å². The maximum atomic E-state index is 16.0. The quantitative estimate of drug-likeness (QED) is 0.245. The van der Waals surface area contributed by atoms with E-state index < -0.39 is 34.7 Å². The van der Waals surface area contributed by atoms with Crippen LogP contribution in [0.2, 0.25) is 0 Å². The Bertz CT molecular complexity index is 1810. The summed E-state index contributed by atoms with van der Waals surface area (Å²) >= 11 is 0. The second kappa shape index (κ2) is 11.3. The molecule has 0 atom stereocenters.